The Labute approximate surface area is 137 Å². The van der Waals surface area contributed by atoms with E-state index in [4.69, 9.17) is 4.74 Å². The molecule has 2 aliphatic heterocycles. The molecule has 1 aromatic carbocycles. The second-order valence-electron chi connectivity index (χ2n) is 5.82. The number of rotatable bonds is 4. The molecule has 0 aromatic heterocycles. The van der Waals surface area contributed by atoms with Gasteiger partial charge in [0.05, 0.1) is 5.92 Å². The fourth-order valence-electron chi connectivity index (χ4n) is 3.67. The van der Waals surface area contributed by atoms with E-state index in [9.17, 15) is 9.18 Å². The SMILES string of the molecule is O=C(OCCF)C1C2CCC(CC1c1ccc(I)cc1)N2. The molecule has 2 saturated heterocycles. The van der Waals surface area contributed by atoms with Crippen molar-refractivity contribution < 1.29 is 13.9 Å². The lowest BCUT2D eigenvalue weighted by atomic mass is 9.77. The van der Waals surface area contributed by atoms with E-state index in [-0.39, 0.29) is 30.5 Å². The largest absolute Gasteiger partial charge is 0.463 e. The van der Waals surface area contributed by atoms with Crippen molar-refractivity contribution in [3.63, 3.8) is 0 Å². The molecule has 2 bridgehead atoms. The molecule has 1 aromatic rings. The van der Waals surface area contributed by atoms with Crippen LogP contribution in [0.15, 0.2) is 24.3 Å². The van der Waals surface area contributed by atoms with Crippen LogP contribution in [0.1, 0.15) is 30.7 Å². The second-order valence-corrected chi connectivity index (χ2v) is 7.07. The zero-order valence-electron chi connectivity index (χ0n) is 11.7. The van der Waals surface area contributed by atoms with Crippen LogP contribution in [0.4, 0.5) is 4.39 Å². The third kappa shape index (κ3) is 3.23. The molecule has 4 atom stereocenters. The molecule has 0 radical (unpaired) electrons. The zero-order valence-corrected chi connectivity index (χ0v) is 13.9. The van der Waals surface area contributed by atoms with Crippen molar-refractivity contribution in [1.29, 1.82) is 0 Å². The molecular formula is C16H19FINO2. The quantitative estimate of drug-likeness (QED) is 0.621. The Morgan fingerprint density at radius 3 is 2.81 bits per heavy atom. The van der Waals surface area contributed by atoms with Gasteiger partial charge in [-0.15, -0.1) is 0 Å². The Hall–Kier alpha value is -0.690. The van der Waals surface area contributed by atoms with Gasteiger partial charge in [0, 0.05) is 21.6 Å². The van der Waals surface area contributed by atoms with Gasteiger partial charge in [0.15, 0.2) is 0 Å². The fraction of sp³-hybridized carbons (Fsp3) is 0.562. The summed E-state index contributed by atoms with van der Waals surface area (Å²) in [4.78, 5) is 12.4. The van der Waals surface area contributed by atoms with Gasteiger partial charge in [-0.2, -0.15) is 0 Å². The summed E-state index contributed by atoms with van der Waals surface area (Å²) in [5.41, 5.74) is 1.19. The minimum Gasteiger partial charge on any atom is -0.463 e. The summed E-state index contributed by atoms with van der Waals surface area (Å²) in [6.07, 6.45) is 3.06. The molecular weight excluding hydrogens is 384 g/mol. The Morgan fingerprint density at radius 2 is 2.10 bits per heavy atom. The summed E-state index contributed by atoms with van der Waals surface area (Å²) in [5.74, 6) is -0.280. The maximum absolute atomic E-state index is 12.4. The van der Waals surface area contributed by atoms with E-state index in [0.717, 1.165) is 19.3 Å². The van der Waals surface area contributed by atoms with E-state index in [1.165, 1.54) is 9.13 Å². The van der Waals surface area contributed by atoms with Crippen LogP contribution in [0.5, 0.6) is 0 Å². The van der Waals surface area contributed by atoms with Crippen molar-refractivity contribution in [2.45, 2.75) is 37.3 Å². The van der Waals surface area contributed by atoms with Gasteiger partial charge in [0.25, 0.3) is 0 Å². The van der Waals surface area contributed by atoms with Gasteiger partial charge in [0.1, 0.15) is 13.3 Å². The number of hydrogen-bond acceptors (Lipinski definition) is 3. The lowest BCUT2D eigenvalue weighted by molar-refractivity contribution is -0.151. The summed E-state index contributed by atoms with van der Waals surface area (Å²) < 4.78 is 18.6. The number of ether oxygens (including phenoxy) is 1. The number of carbonyl (C=O) groups is 1. The van der Waals surface area contributed by atoms with Gasteiger partial charge in [-0.1, -0.05) is 12.1 Å². The highest BCUT2D eigenvalue weighted by atomic mass is 127. The topological polar surface area (TPSA) is 38.3 Å². The van der Waals surface area contributed by atoms with Gasteiger partial charge < -0.3 is 10.1 Å². The molecule has 0 spiro atoms. The molecule has 2 heterocycles. The first-order chi connectivity index (χ1) is 10.2. The molecule has 0 amide bonds. The van der Waals surface area contributed by atoms with Crippen molar-refractivity contribution in [1.82, 2.24) is 5.32 Å². The van der Waals surface area contributed by atoms with Crippen molar-refractivity contribution >= 4 is 28.6 Å². The number of piperidine rings is 1. The smallest absolute Gasteiger partial charge is 0.311 e. The van der Waals surface area contributed by atoms with Crippen LogP contribution >= 0.6 is 22.6 Å². The Balaban J connectivity index is 1.84. The summed E-state index contributed by atoms with van der Waals surface area (Å²) in [7, 11) is 0. The van der Waals surface area contributed by atoms with E-state index < -0.39 is 6.67 Å². The molecule has 3 nitrogen and oxygen atoms in total. The third-order valence-electron chi connectivity index (χ3n) is 4.57. The van der Waals surface area contributed by atoms with Crippen molar-refractivity contribution in [3.05, 3.63) is 33.4 Å². The van der Waals surface area contributed by atoms with E-state index in [2.05, 4.69) is 52.2 Å². The molecule has 114 valence electrons. The van der Waals surface area contributed by atoms with Crippen LogP contribution in [-0.2, 0) is 9.53 Å². The van der Waals surface area contributed by atoms with Crippen molar-refractivity contribution in [2.24, 2.45) is 5.92 Å². The minimum atomic E-state index is -0.618. The highest BCUT2D eigenvalue weighted by Crippen LogP contribution is 2.42. The zero-order chi connectivity index (χ0) is 14.8. The molecule has 2 aliphatic rings. The Morgan fingerprint density at radius 1 is 1.33 bits per heavy atom. The van der Waals surface area contributed by atoms with Gasteiger partial charge >= 0.3 is 5.97 Å². The number of carbonyl (C=O) groups excluding carboxylic acids is 1. The fourth-order valence-corrected chi connectivity index (χ4v) is 4.03. The molecule has 1 N–H and O–H groups in total. The first-order valence-corrected chi connectivity index (χ1v) is 8.51. The summed E-state index contributed by atoms with van der Waals surface area (Å²) >= 11 is 2.28. The van der Waals surface area contributed by atoms with E-state index in [1.807, 2.05) is 0 Å². The summed E-state index contributed by atoms with van der Waals surface area (Å²) in [6.45, 7) is -0.752. The number of halogens is 2. The molecule has 4 unspecified atom stereocenters. The number of esters is 1. The standard InChI is InChI=1S/C16H19FINO2/c17-7-8-21-16(20)15-13(9-12-5-6-14(15)19-12)10-1-3-11(18)4-2-10/h1-4,12-15,19H,5-9H2. The molecule has 0 aliphatic carbocycles. The normalized spacial score (nSPS) is 31.1. The van der Waals surface area contributed by atoms with Gasteiger partial charge in [0.2, 0.25) is 0 Å². The van der Waals surface area contributed by atoms with Gasteiger partial charge in [-0.3, -0.25) is 4.79 Å². The van der Waals surface area contributed by atoms with Gasteiger partial charge in [-0.05, 0) is 59.5 Å². The Bertz CT molecular complexity index is 508. The van der Waals surface area contributed by atoms with Crippen LogP contribution in [0.2, 0.25) is 0 Å². The third-order valence-corrected chi connectivity index (χ3v) is 5.29. The minimum absolute atomic E-state index is 0.134. The first-order valence-electron chi connectivity index (χ1n) is 7.43. The number of nitrogens with one attached hydrogen (secondary N) is 1. The molecule has 21 heavy (non-hydrogen) atoms. The van der Waals surface area contributed by atoms with Crippen LogP contribution in [0.3, 0.4) is 0 Å². The average molecular weight is 403 g/mol. The lowest BCUT2D eigenvalue weighted by Crippen LogP contribution is -2.48. The predicted molar refractivity (Wildman–Crippen MR) is 86.9 cm³/mol. The monoisotopic (exact) mass is 403 g/mol. The van der Waals surface area contributed by atoms with Gasteiger partial charge in [-0.25, -0.2) is 4.39 Å². The highest BCUT2D eigenvalue weighted by Gasteiger charge is 2.46. The van der Waals surface area contributed by atoms with Crippen molar-refractivity contribution in [3.8, 4) is 0 Å². The van der Waals surface area contributed by atoms with Crippen LogP contribution < -0.4 is 5.32 Å². The second kappa shape index (κ2) is 6.60. The van der Waals surface area contributed by atoms with E-state index >= 15 is 0 Å². The van der Waals surface area contributed by atoms with E-state index in [0.29, 0.717) is 6.04 Å². The summed E-state index contributed by atoms with van der Waals surface area (Å²) in [6, 6.07) is 9.01. The first kappa shape index (κ1) is 15.2. The lowest BCUT2D eigenvalue weighted by Gasteiger charge is -2.36. The summed E-state index contributed by atoms with van der Waals surface area (Å²) in [5, 5.41) is 3.51. The maximum atomic E-state index is 12.4. The maximum Gasteiger partial charge on any atom is 0.311 e. The molecule has 3 rings (SSSR count). The van der Waals surface area contributed by atoms with Crippen LogP contribution in [0, 0.1) is 9.49 Å². The molecule has 5 heteroatoms. The van der Waals surface area contributed by atoms with Crippen LogP contribution in [-0.4, -0.2) is 31.3 Å². The van der Waals surface area contributed by atoms with Crippen LogP contribution in [0.25, 0.3) is 0 Å². The average Bonchev–Trinajstić information content (AvgIpc) is 2.87. The number of hydrogen-bond donors (Lipinski definition) is 1. The van der Waals surface area contributed by atoms with E-state index in [1.54, 1.807) is 0 Å². The highest BCUT2D eigenvalue weighted by molar-refractivity contribution is 14.1. The number of alkyl halides is 1. The molecule has 0 saturated carbocycles. The molecule has 2 fully saturated rings. The Kier molecular flexibility index (Phi) is 4.78. The predicted octanol–water partition coefficient (Wildman–Crippen LogP) is 3.03. The van der Waals surface area contributed by atoms with Crippen molar-refractivity contribution in [2.75, 3.05) is 13.3 Å². The number of benzene rings is 1. The number of fused-ring (bicyclic) bond motifs is 2.